The van der Waals surface area contributed by atoms with Gasteiger partial charge >= 0.3 is 5.97 Å². The van der Waals surface area contributed by atoms with Crippen LogP contribution in [0.1, 0.15) is 84.0 Å². The zero-order chi connectivity index (χ0) is 22.2. The Labute approximate surface area is 193 Å². The average Bonchev–Trinajstić information content (AvgIpc) is 3.33. The van der Waals surface area contributed by atoms with E-state index in [0.29, 0.717) is 18.9 Å². The van der Waals surface area contributed by atoms with Crippen molar-refractivity contribution >= 4 is 5.97 Å². The van der Waals surface area contributed by atoms with Crippen molar-refractivity contribution in [3.63, 3.8) is 0 Å². The summed E-state index contributed by atoms with van der Waals surface area (Å²) in [4.78, 5) is 12.0. The first-order valence-electron chi connectivity index (χ1n) is 13.1. The number of esters is 1. The summed E-state index contributed by atoms with van der Waals surface area (Å²) in [6.45, 7) is 4.48. The Bertz CT molecular complexity index is 595. The molecule has 0 bridgehead atoms. The second kappa shape index (κ2) is 12.5. The third-order valence-corrected chi connectivity index (χ3v) is 7.48. The number of carbonyl (C=O) groups is 1. The normalized spacial score (nSPS) is 36.3. The van der Waals surface area contributed by atoms with Crippen LogP contribution in [0, 0.1) is 17.8 Å². The Hall–Kier alpha value is -0.950. The molecule has 4 aliphatic rings. The van der Waals surface area contributed by atoms with E-state index in [1.165, 1.54) is 25.7 Å². The summed E-state index contributed by atoms with van der Waals surface area (Å²) in [6.07, 6.45) is 17.0. The van der Waals surface area contributed by atoms with Crippen LogP contribution >= 0.6 is 0 Å². The van der Waals surface area contributed by atoms with E-state index in [1.807, 2.05) is 0 Å². The predicted molar refractivity (Wildman–Crippen MR) is 121 cm³/mol. The van der Waals surface area contributed by atoms with Gasteiger partial charge in [0, 0.05) is 19.1 Å². The topological polar surface area (TPSA) is 63.2 Å². The molecule has 0 N–H and O–H groups in total. The van der Waals surface area contributed by atoms with Crippen LogP contribution < -0.4 is 0 Å². The van der Waals surface area contributed by atoms with E-state index in [9.17, 15) is 4.79 Å². The molecule has 3 heterocycles. The van der Waals surface area contributed by atoms with E-state index in [4.69, 9.17) is 23.7 Å². The zero-order valence-electron chi connectivity index (χ0n) is 19.8. The maximum atomic E-state index is 12.0. The molecule has 7 atom stereocenters. The highest BCUT2D eigenvalue weighted by Gasteiger charge is 2.49. The van der Waals surface area contributed by atoms with Crippen LogP contribution in [0.5, 0.6) is 0 Å². The number of hydrogen-bond acceptors (Lipinski definition) is 6. The van der Waals surface area contributed by atoms with Crippen molar-refractivity contribution in [3.8, 4) is 0 Å². The molecule has 0 aromatic rings. The molecule has 6 nitrogen and oxygen atoms in total. The monoisotopic (exact) mass is 450 g/mol. The standard InChI is InChI=1S/C26H42O6/c1-2-3-4-9-20(31-26-11-6-8-15-29-26)12-13-21-19(16-23-22(21)17-24(27)32-23)18-30-25-10-5-7-14-28-25/h12-13,19-23,25-26H,2-11,14-18H2,1H3/b13-12+. The van der Waals surface area contributed by atoms with Gasteiger partial charge in [-0.2, -0.15) is 0 Å². The van der Waals surface area contributed by atoms with Gasteiger partial charge in [0.25, 0.3) is 0 Å². The Morgan fingerprint density at radius 2 is 1.84 bits per heavy atom. The molecular weight excluding hydrogens is 408 g/mol. The molecule has 4 fully saturated rings. The lowest BCUT2D eigenvalue weighted by atomic mass is 9.87. The van der Waals surface area contributed by atoms with Crippen molar-refractivity contribution in [2.24, 2.45) is 17.8 Å². The van der Waals surface area contributed by atoms with Gasteiger partial charge in [0.2, 0.25) is 0 Å². The number of rotatable bonds is 11. The number of allylic oxidation sites excluding steroid dienone is 1. The van der Waals surface area contributed by atoms with E-state index in [-0.39, 0.29) is 42.6 Å². The molecule has 1 aliphatic carbocycles. The Balaban J connectivity index is 1.38. The third-order valence-electron chi connectivity index (χ3n) is 7.48. The van der Waals surface area contributed by atoms with Gasteiger partial charge < -0.3 is 23.7 Å². The van der Waals surface area contributed by atoms with Crippen molar-refractivity contribution in [3.05, 3.63) is 12.2 Å². The molecule has 32 heavy (non-hydrogen) atoms. The fourth-order valence-corrected chi connectivity index (χ4v) is 5.66. The first kappa shape index (κ1) is 24.2. The number of carbonyl (C=O) groups excluding carboxylic acids is 1. The van der Waals surface area contributed by atoms with Crippen LogP contribution in [0.4, 0.5) is 0 Å². The molecule has 4 rings (SSSR count). The Morgan fingerprint density at radius 1 is 1.06 bits per heavy atom. The van der Waals surface area contributed by atoms with Gasteiger partial charge in [-0.25, -0.2) is 0 Å². The van der Waals surface area contributed by atoms with E-state index < -0.39 is 0 Å². The minimum atomic E-state index is -0.0877. The highest BCUT2D eigenvalue weighted by Crippen LogP contribution is 2.46. The summed E-state index contributed by atoms with van der Waals surface area (Å²) in [5.74, 6) is 0.822. The highest BCUT2D eigenvalue weighted by atomic mass is 16.7. The smallest absolute Gasteiger partial charge is 0.306 e. The predicted octanol–water partition coefficient (Wildman–Crippen LogP) is 5.15. The van der Waals surface area contributed by atoms with E-state index >= 15 is 0 Å². The molecule has 7 unspecified atom stereocenters. The maximum absolute atomic E-state index is 12.0. The second-order valence-electron chi connectivity index (χ2n) is 9.95. The lowest BCUT2D eigenvalue weighted by Crippen LogP contribution is -2.28. The molecule has 182 valence electrons. The first-order valence-corrected chi connectivity index (χ1v) is 13.1. The fourth-order valence-electron chi connectivity index (χ4n) is 5.66. The molecule has 1 saturated carbocycles. The van der Waals surface area contributed by atoms with Gasteiger partial charge in [-0.05, 0) is 63.2 Å². The molecule has 3 saturated heterocycles. The molecule has 0 aromatic heterocycles. The number of unbranched alkanes of at least 4 members (excludes halogenated alkanes) is 2. The molecular formula is C26H42O6. The van der Waals surface area contributed by atoms with Gasteiger partial charge in [0.1, 0.15) is 6.10 Å². The van der Waals surface area contributed by atoms with Gasteiger partial charge in [-0.3, -0.25) is 4.79 Å². The van der Waals surface area contributed by atoms with E-state index in [2.05, 4.69) is 19.1 Å². The van der Waals surface area contributed by atoms with Crippen molar-refractivity contribution in [2.45, 2.75) is 109 Å². The van der Waals surface area contributed by atoms with Crippen LogP contribution in [-0.4, -0.2) is 50.6 Å². The van der Waals surface area contributed by atoms with E-state index in [1.54, 1.807) is 0 Å². The van der Waals surface area contributed by atoms with Crippen LogP contribution in [0.3, 0.4) is 0 Å². The summed E-state index contributed by atoms with van der Waals surface area (Å²) in [5.41, 5.74) is 0. The van der Waals surface area contributed by atoms with Gasteiger partial charge in [-0.1, -0.05) is 38.3 Å². The van der Waals surface area contributed by atoms with Crippen molar-refractivity contribution in [2.75, 3.05) is 19.8 Å². The van der Waals surface area contributed by atoms with Crippen molar-refractivity contribution in [1.29, 1.82) is 0 Å². The lowest BCUT2D eigenvalue weighted by molar-refractivity contribution is -0.179. The molecule has 6 heteroatoms. The second-order valence-corrected chi connectivity index (χ2v) is 9.95. The average molecular weight is 451 g/mol. The molecule has 0 aromatic carbocycles. The third kappa shape index (κ3) is 6.78. The van der Waals surface area contributed by atoms with Crippen LogP contribution in [-0.2, 0) is 28.5 Å². The molecule has 0 amide bonds. The van der Waals surface area contributed by atoms with Crippen molar-refractivity contribution < 1.29 is 28.5 Å². The quantitative estimate of drug-likeness (QED) is 0.247. The zero-order valence-corrected chi connectivity index (χ0v) is 19.8. The molecule has 0 radical (unpaired) electrons. The summed E-state index contributed by atoms with van der Waals surface area (Å²) < 4.78 is 29.8. The summed E-state index contributed by atoms with van der Waals surface area (Å²) in [7, 11) is 0. The minimum absolute atomic E-state index is 0.0270. The van der Waals surface area contributed by atoms with Gasteiger partial charge in [0.15, 0.2) is 12.6 Å². The SMILES string of the molecule is CCCCCC(/C=C/C1C(COC2CCCCO2)CC2OC(=O)CC21)OC1CCCCO1. The van der Waals surface area contributed by atoms with E-state index in [0.717, 1.165) is 58.2 Å². The van der Waals surface area contributed by atoms with Crippen molar-refractivity contribution in [1.82, 2.24) is 0 Å². The first-order chi connectivity index (χ1) is 15.7. The van der Waals surface area contributed by atoms with Gasteiger partial charge in [-0.15, -0.1) is 0 Å². The Kier molecular flexibility index (Phi) is 9.44. The van der Waals surface area contributed by atoms with Gasteiger partial charge in [0.05, 0.1) is 19.1 Å². The van der Waals surface area contributed by atoms with Crippen LogP contribution in [0.15, 0.2) is 12.2 Å². The number of hydrogen-bond donors (Lipinski definition) is 0. The summed E-state index contributed by atoms with van der Waals surface area (Å²) in [5, 5.41) is 0. The fraction of sp³-hybridized carbons (Fsp3) is 0.885. The minimum Gasteiger partial charge on any atom is -0.462 e. The van der Waals surface area contributed by atoms with Crippen LogP contribution in [0.2, 0.25) is 0 Å². The summed E-state index contributed by atoms with van der Waals surface area (Å²) >= 11 is 0. The largest absolute Gasteiger partial charge is 0.462 e. The Morgan fingerprint density at radius 3 is 2.56 bits per heavy atom. The highest BCUT2D eigenvalue weighted by molar-refractivity contribution is 5.72. The number of fused-ring (bicyclic) bond motifs is 1. The van der Waals surface area contributed by atoms with Crippen LogP contribution in [0.25, 0.3) is 0 Å². The molecule has 0 spiro atoms. The lowest BCUT2D eigenvalue weighted by Gasteiger charge is -2.28. The molecule has 3 aliphatic heterocycles. The number of ether oxygens (including phenoxy) is 5. The summed E-state index contributed by atoms with van der Waals surface area (Å²) in [6, 6.07) is 0. The maximum Gasteiger partial charge on any atom is 0.306 e.